The van der Waals surface area contributed by atoms with E-state index in [1.54, 1.807) is 0 Å². The summed E-state index contributed by atoms with van der Waals surface area (Å²) in [5.41, 5.74) is 18.0. The van der Waals surface area contributed by atoms with Gasteiger partial charge in [0, 0.05) is 33.5 Å². The molecule has 12 rings (SSSR count). The molecule has 0 atom stereocenters. The van der Waals surface area contributed by atoms with Gasteiger partial charge in [0.2, 0.25) is 0 Å². The summed E-state index contributed by atoms with van der Waals surface area (Å²) in [6.45, 7) is 4.71. The van der Waals surface area contributed by atoms with Gasteiger partial charge < -0.3 is 9.64 Å². The van der Waals surface area contributed by atoms with Crippen LogP contribution in [0.2, 0.25) is 0 Å². The average Bonchev–Trinajstić information content (AvgIpc) is 3.69. The molecule has 58 heavy (non-hydrogen) atoms. The van der Waals surface area contributed by atoms with Gasteiger partial charge in [0.15, 0.2) is 0 Å². The maximum Gasteiger partial charge on any atom is 0.132 e. The average molecular weight is 742 g/mol. The van der Waals surface area contributed by atoms with Gasteiger partial charge in [-0.1, -0.05) is 166 Å². The third kappa shape index (κ3) is 4.49. The van der Waals surface area contributed by atoms with Crippen molar-refractivity contribution in [3.8, 4) is 44.9 Å². The Morgan fingerprint density at radius 2 is 0.914 bits per heavy atom. The summed E-state index contributed by atoms with van der Waals surface area (Å²) >= 11 is 0. The lowest BCUT2D eigenvalue weighted by Crippen LogP contribution is -2.32. The standard InChI is InChI=1S/C56H39NO/c1-55(2)46-22-10-6-19-42(46)45-31-30-40(35-50(45)55)57(52-26-14-9-18-41(52)36-16-4-3-5-17-36)39-29-28-37-33-51-54(34-38(37)32-39)58-53-27-15-13-25-49(53)56(51)47-23-11-7-20-43(47)44-21-8-12-24-48(44)56/h3-35H,1-2H3. The predicted octanol–water partition coefficient (Wildman–Crippen LogP) is 14.8. The van der Waals surface area contributed by atoms with Gasteiger partial charge in [-0.25, -0.2) is 0 Å². The fraction of sp³-hybridized carbons (Fsp3) is 0.0714. The maximum absolute atomic E-state index is 6.94. The number of para-hydroxylation sites is 2. The monoisotopic (exact) mass is 741 g/mol. The van der Waals surface area contributed by atoms with Gasteiger partial charge in [0.1, 0.15) is 11.5 Å². The Bertz CT molecular complexity index is 3090. The van der Waals surface area contributed by atoms with Crippen LogP contribution in [0.4, 0.5) is 17.1 Å². The molecule has 1 aliphatic heterocycles. The van der Waals surface area contributed by atoms with Gasteiger partial charge in [-0.3, -0.25) is 0 Å². The van der Waals surface area contributed by atoms with E-state index >= 15 is 0 Å². The van der Waals surface area contributed by atoms with Gasteiger partial charge in [-0.2, -0.15) is 0 Å². The van der Waals surface area contributed by atoms with Gasteiger partial charge in [-0.05, 0) is 109 Å². The van der Waals surface area contributed by atoms with Gasteiger partial charge in [-0.15, -0.1) is 0 Å². The van der Waals surface area contributed by atoms with Crippen molar-refractivity contribution in [1.82, 2.24) is 0 Å². The number of hydrogen-bond donors (Lipinski definition) is 0. The molecular weight excluding hydrogens is 703 g/mol. The van der Waals surface area contributed by atoms with Crippen molar-refractivity contribution in [2.24, 2.45) is 0 Å². The van der Waals surface area contributed by atoms with E-state index in [2.05, 4.69) is 219 Å². The molecule has 0 saturated carbocycles. The molecule has 0 amide bonds. The van der Waals surface area contributed by atoms with E-state index in [1.807, 2.05) is 0 Å². The molecule has 2 heteroatoms. The number of nitrogens with zero attached hydrogens (tertiary/aromatic N) is 1. The third-order valence-corrected chi connectivity index (χ3v) is 13.1. The highest BCUT2D eigenvalue weighted by Crippen LogP contribution is 2.62. The van der Waals surface area contributed by atoms with Crippen LogP contribution < -0.4 is 9.64 Å². The van der Waals surface area contributed by atoms with Crippen molar-refractivity contribution in [2.45, 2.75) is 24.7 Å². The highest BCUT2D eigenvalue weighted by Gasteiger charge is 2.51. The number of ether oxygens (including phenoxy) is 1. The van der Waals surface area contributed by atoms with Crippen molar-refractivity contribution >= 4 is 27.8 Å². The van der Waals surface area contributed by atoms with Crippen molar-refractivity contribution in [2.75, 3.05) is 4.90 Å². The number of anilines is 3. The summed E-state index contributed by atoms with van der Waals surface area (Å²) in [7, 11) is 0. The Balaban J connectivity index is 1.08. The zero-order valence-corrected chi connectivity index (χ0v) is 32.4. The lowest BCUT2D eigenvalue weighted by molar-refractivity contribution is 0.437. The Labute approximate surface area is 339 Å². The molecule has 0 fully saturated rings. The van der Waals surface area contributed by atoms with E-state index in [9.17, 15) is 0 Å². The molecule has 0 radical (unpaired) electrons. The molecule has 0 N–H and O–H groups in total. The van der Waals surface area contributed by atoms with E-state index in [0.29, 0.717) is 0 Å². The van der Waals surface area contributed by atoms with Gasteiger partial charge in [0.05, 0.1) is 11.1 Å². The molecule has 0 unspecified atom stereocenters. The minimum Gasteiger partial charge on any atom is -0.457 e. The zero-order chi connectivity index (χ0) is 38.6. The molecule has 0 aromatic heterocycles. The molecule has 9 aromatic carbocycles. The third-order valence-electron chi connectivity index (χ3n) is 13.1. The number of fused-ring (bicyclic) bond motifs is 13. The fourth-order valence-corrected chi connectivity index (χ4v) is 10.5. The van der Waals surface area contributed by atoms with E-state index in [4.69, 9.17) is 4.74 Å². The first-order valence-electron chi connectivity index (χ1n) is 20.3. The predicted molar refractivity (Wildman–Crippen MR) is 239 cm³/mol. The fourth-order valence-electron chi connectivity index (χ4n) is 10.5. The topological polar surface area (TPSA) is 12.5 Å². The maximum atomic E-state index is 6.94. The van der Waals surface area contributed by atoms with Crippen molar-refractivity contribution in [1.29, 1.82) is 0 Å². The second-order valence-corrected chi connectivity index (χ2v) is 16.4. The summed E-state index contributed by atoms with van der Waals surface area (Å²) in [6, 6.07) is 73.5. The van der Waals surface area contributed by atoms with Crippen LogP contribution in [0.5, 0.6) is 11.5 Å². The summed E-state index contributed by atoms with van der Waals surface area (Å²) in [4.78, 5) is 2.45. The molecule has 274 valence electrons. The smallest absolute Gasteiger partial charge is 0.132 e. The quantitative estimate of drug-likeness (QED) is 0.178. The molecule has 2 nitrogen and oxygen atoms in total. The normalized spacial score (nSPS) is 14.4. The Kier molecular flexibility index (Phi) is 6.93. The van der Waals surface area contributed by atoms with Crippen LogP contribution in [0.3, 0.4) is 0 Å². The lowest BCUT2D eigenvalue weighted by atomic mass is 9.66. The first-order valence-corrected chi connectivity index (χ1v) is 20.3. The number of benzene rings is 9. The van der Waals surface area contributed by atoms with Crippen molar-refractivity contribution in [3.63, 3.8) is 0 Å². The minimum absolute atomic E-state index is 0.129. The van der Waals surface area contributed by atoms with E-state index in [-0.39, 0.29) is 5.41 Å². The van der Waals surface area contributed by atoms with E-state index < -0.39 is 5.41 Å². The summed E-state index contributed by atoms with van der Waals surface area (Å²) < 4.78 is 6.94. The molecule has 1 spiro atoms. The molecule has 0 bridgehead atoms. The van der Waals surface area contributed by atoms with Crippen LogP contribution in [0.25, 0.3) is 44.2 Å². The zero-order valence-electron chi connectivity index (χ0n) is 32.4. The molecule has 1 heterocycles. The second kappa shape index (κ2) is 12.2. The Morgan fingerprint density at radius 1 is 0.362 bits per heavy atom. The Hall–Kier alpha value is -7.16. The molecule has 3 aliphatic rings. The van der Waals surface area contributed by atoms with Crippen molar-refractivity contribution in [3.05, 3.63) is 234 Å². The molecular formula is C56H39NO. The molecule has 2 aliphatic carbocycles. The molecule has 9 aromatic rings. The number of hydrogen-bond acceptors (Lipinski definition) is 2. The van der Waals surface area contributed by atoms with Crippen LogP contribution >= 0.6 is 0 Å². The van der Waals surface area contributed by atoms with E-state index in [1.165, 1.54) is 72.1 Å². The van der Waals surface area contributed by atoms with Crippen LogP contribution in [-0.4, -0.2) is 0 Å². The number of rotatable bonds is 4. The van der Waals surface area contributed by atoms with Crippen molar-refractivity contribution < 1.29 is 4.74 Å². The van der Waals surface area contributed by atoms with E-state index in [0.717, 1.165) is 33.9 Å². The highest BCUT2D eigenvalue weighted by atomic mass is 16.5. The van der Waals surface area contributed by atoms with Crippen LogP contribution in [0, 0.1) is 0 Å². The van der Waals surface area contributed by atoms with Gasteiger partial charge >= 0.3 is 0 Å². The Morgan fingerprint density at radius 3 is 1.66 bits per heavy atom. The first-order chi connectivity index (χ1) is 28.5. The molecule has 0 saturated heterocycles. The highest BCUT2D eigenvalue weighted by molar-refractivity contribution is 5.97. The largest absolute Gasteiger partial charge is 0.457 e. The minimum atomic E-state index is -0.500. The summed E-state index contributed by atoms with van der Waals surface area (Å²) in [5, 5.41) is 2.30. The first kappa shape index (κ1) is 33.0. The van der Waals surface area contributed by atoms with Crippen LogP contribution in [-0.2, 0) is 10.8 Å². The lowest BCUT2D eigenvalue weighted by Gasteiger charge is -2.39. The van der Waals surface area contributed by atoms with Gasteiger partial charge in [0.25, 0.3) is 0 Å². The summed E-state index contributed by atoms with van der Waals surface area (Å²) in [5.74, 6) is 1.79. The summed E-state index contributed by atoms with van der Waals surface area (Å²) in [6.07, 6.45) is 0. The van der Waals surface area contributed by atoms with Crippen LogP contribution in [0.1, 0.15) is 47.2 Å². The SMILES string of the molecule is CC1(C)c2ccccc2-c2ccc(N(c3ccc4cc5c(cc4c3)Oc3ccccc3C53c4ccccc4-c4ccccc43)c3ccccc3-c3ccccc3)cc21. The van der Waals surface area contributed by atoms with Crippen LogP contribution in [0.15, 0.2) is 200 Å². The second-order valence-electron chi connectivity index (χ2n) is 16.4.